The molecule has 0 atom stereocenters. The number of H-pyrrole nitrogens is 1. The first-order valence-corrected chi connectivity index (χ1v) is 5.38. The van der Waals surface area contributed by atoms with Crippen LogP contribution in [0.2, 0.25) is 0 Å². The molecule has 0 saturated heterocycles. The van der Waals surface area contributed by atoms with E-state index in [1.165, 1.54) is 0 Å². The highest BCUT2D eigenvalue weighted by Crippen LogP contribution is 1.99. The minimum atomic E-state index is 0.203. The molecule has 0 aliphatic rings. The molecule has 0 fully saturated rings. The summed E-state index contributed by atoms with van der Waals surface area (Å²) in [5.41, 5.74) is 1.36. The van der Waals surface area contributed by atoms with Crippen molar-refractivity contribution >= 4 is 0 Å². The van der Waals surface area contributed by atoms with Gasteiger partial charge in [-0.1, -0.05) is 0 Å². The van der Waals surface area contributed by atoms with Crippen molar-refractivity contribution in [1.29, 1.82) is 0 Å². The molecule has 1 heterocycles. The Labute approximate surface area is 92.1 Å². The van der Waals surface area contributed by atoms with Gasteiger partial charge in [0.05, 0.1) is 6.33 Å². The third-order valence-corrected chi connectivity index (χ3v) is 2.14. The molecule has 0 amide bonds. The number of aromatic amines is 1. The quantitative estimate of drug-likeness (QED) is 0.768. The number of hydrogen-bond acceptors (Lipinski definition) is 3. The van der Waals surface area contributed by atoms with E-state index in [9.17, 15) is 0 Å². The minimum Gasteiger partial charge on any atom is -0.347 e. The van der Waals surface area contributed by atoms with Gasteiger partial charge in [0.15, 0.2) is 0 Å². The summed E-state index contributed by atoms with van der Waals surface area (Å²) in [7, 11) is 2.12. The highest BCUT2D eigenvalue weighted by Gasteiger charge is 2.08. The first-order valence-electron chi connectivity index (χ1n) is 5.38. The summed E-state index contributed by atoms with van der Waals surface area (Å²) in [5, 5.41) is 3.46. The second kappa shape index (κ2) is 5.28. The zero-order valence-corrected chi connectivity index (χ0v) is 10.2. The lowest BCUT2D eigenvalue weighted by Crippen LogP contribution is -2.40. The van der Waals surface area contributed by atoms with Crippen molar-refractivity contribution in [3.8, 4) is 0 Å². The van der Waals surface area contributed by atoms with Gasteiger partial charge in [-0.3, -0.25) is 4.90 Å². The number of aromatic nitrogens is 2. The Bertz CT molecular complexity index is 261. The third-order valence-electron chi connectivity index (χ3n) is 2.14. The maximum absolute atomic E-state index is 4.00. The van der Waals surface area contributed by atoms with Crippen molar-refractivity contribution in [2.45, 2.75) is 32.9 Å². The van der Waals surface area contributed by atoms with Gasteiger partial charge < -0.3 is 10.3 Å². The topological polar surface area (TPSA) is 44.0 Å². The highest BCUT2D eigenvalue weighted by atomic mass is 15.1. The fraction of sp³-hybridized carbons (Fsp3) is 0.727. The van der Waals surface area contributed by atoms with Crippen LogP contribution in [-0.2, 0) is 6.54 Å². The lowest BCUT2D eigenvalue weighted by atomic mass is 10.1. The lowest BCUT2D eigenvalue weighted by molar-refractivity contribution is 0.301. The van der Waals surface area contributed by atoms with Gasteiger partial charge in [-0.05, 0) is 27.8 Å². The molecule has 0 radical (unpaired) electrons. The van der Waals surface area contributed by atoms with Gasteiger partial charge >= 0.3 is 0 Å². The maximum Gasteiger partial charge on any atom is 0.0922 e. The van der Waals surface area contributed by atoms with Gasteiger partial charge in [-0.25, -0.2) is 4.98 Å². The molecule has 0 unspecified atom stereocenters. The van der Waals surface area contributed by atoms with Crippen LogP contribution in [-0.4, -0.2) is 40.5 Å². The molecule has 4 heteroatoms. The van der Waals surface area contributed by atoms with Crippen LogP contribution >= 0.6 is 0 Å². The summed E-state index contributed by atoms with van der Waals surface area (Å²) < 4.78 is 0. The Kier molecular flexibility index (Phi) is 4.29. The molecule has 1 aromatic rings. The summed E-state index contributed by atoms with van der Waals surface area (Å²) >= 11 is 0. The summed E-state index contributed by atoms with van der Waals surface area (Å²) in [4.78, 5) is 9.37. The van der Waals surface area contributed by atoms with Crippen LogP contribution in [0.25, 0.3) is 0 Å². The van der Waals surface area contributed by atoms with E-state index in [0.717, 1.165) is 25.3 Å². The van der Waals surface area contributed by atoms with Crippen molar-refractivity contribution in [1.82, 2.24) is 20.2 Å². The van der Waals surface area contributed by atoms with Crippen LogP contribution < -0.4 is 5.32 Å². The zero-order valence-electron chi connectivity index (χ0n) is 10.2. The Hall–Kier alpha value is -0.870. The van der Waals surface area contributed by atoms with Crippen LogP contribution in [0.15, 0.2) is 12.5 Å². The Morgan fingerprint density at radius 2 is 2.20 bits per heavy atom. The van der Waals surface area contributed by atoms with E-state index in [2.05, 4.69) is 48.0 Å². The average molecular weight is 210 g/mol. The number of likely N-dealkylation sites (N-methyl/N-ethyl adjacent to an activating group) is 1. The highest BCUT2D eigenvalue weighted by molar-refractivity contribution is 4.93. The van der Waals surface area contributed by atoms with E-state index in [4.69, 9.17) is 0 Å². The smallest absolute Gasteiger partial charge is 0.0922 e. The number of hydrogen-bond donors (Lipinski definition) is 2. The fourth-order valence-corrected chi connectivity index (χ4v) is 1.36. The molecule has 0 bridgehead atoms. The van der Waals surface area contributed by atoms with Gasteiger partial charge in [0.1, 0.15) is 0 Å². The van der Waals surface area contributed by atoms with E-state index < -0.39 is 0 Å². The average Bonchev–Trinajstić information content (AvgIpc) is 2.54. The Morgan fingerprint density at radius 3 is 2.73 bits per heavy atom. The molecule has 0 aliphatic carbocycles. The maximum atomic E-state index is 4.00. The van der Waals surface area contributed by atoms with E-state index in [1.54, 1.807) is 6.33 Å². The molecule has 0 saturated carbocycles. The molecule has 0 spiro atoms. The molecular formula is C11H22N4. The molecule has 1 rings (SSSR count). The van der Waals surface area contributed by atoms with Gasteiger partial charge in [-0.15, -0.1) is 0 Å². The molecule has 0 aliphatic heterocycles. The fourth-order valence-electron chi connectivity index (χ4n) is 1.36. The van der Waals surface area contributed by atoms with Gasteiger partial charge in [0, 0.05) is 37.1 Å². The van der Waals surface area contributed by atoms with Crippen LogP contribution in [0.4, 0.5) is 0 Å². The molecule has 1 aromatic heterocycles. The van der Waals surface area contributed by atoms with Gasteiger partial charge in [-0.2, -0.15) is 0 Å². The van der Waals surface area contributed by atoms with Crippen molar-refractivity contribution < 1.29 is 0 Å². The normalized spacial score (nSPS) is 12.3. The standard InChI is InChI=1S/C11H22N4/c1-11(2,3)14-5-6-15(4)8-10-7-12-9-13-10/h7,9,14H,5-6,8H2,1-4H3,(H,12,13). The largest absolute Gasteiger partial charge is 0.347 e. The molecule has 4 nitrogen and oxygen atoms in total. The molecule has 15 heavy (non-hydrogen) atoms. The van der Waals surface area contributed by atoms with Crippen molar-refractivity contribution in [3.05, 3.63) is 18.2 Å². The Morgan fingerprint density at radius 1 is 1.47 bits per heavy atom. The first kappa shape index (κ1) is 12.2. The second-order valence-corrected chi connectivity index (χ2v) is 4.99. The monoisotopic (exact) mass is 210 g/mol. The van der Waals surface area contributed by atoms with E-state index in [-0.39, 0.29) is 5.54 Å². The minimum absolute atomic E-state index is 0.203. The van der Waals surface area contributed by atoms with E-state index >= 15 is 0 Å². The Balaban J connectivity index is 2.17. The second-order valence-electron chi connectivity index (χ2n) is 4.99. The van der Waals surface area contributed by atoms with Gasteiger partial charge in [0.2, 0.25) is 0 Å². The SMILES string of the molecule is CN(CCNC(C)(C)C)Cc1cnc[nH]1. The molecule has 0 aromatic carbocycles. The molecular weight excluding hydrogens is 188 g/mol. The number of rotatable bonds is 5. The molecule has 2 N–H and O–H groups in total. The summed E-state index contributed by atoms with van der Waals surface area (Å²) in [5.74, 6) is 0. The number of imidazole rings is 1. The zero-order chi connectivity index (χ0) is 11.3. The van der Waals surface area contributed by atoms with Crippen molar-refractivity contribution in [2.24, 2.45) is 0 Å². The van der Waals surface area contributed by atoms with Gasteiger partial charge in [0.25, 0.3) is 0 Å². The number of nitrogens with zero attached hydrogens (tertiary/aromatic N) is 2. The van der Waals surface area contributed by atoms with Crippen LogP contribution in [0.1, 0.15) is 26.5 Å². The number of nitrogens with one attached hydrogen (secondary N) is 2. The van der Waals surface area contributed by atoms with E-state index in [0.29, 0.717) is 0 Å². The summed E-state index contributed by atoms with van der Waals surface area (Å²) in [6.45, 7) is 9.52. The predicted octanol–water partition coefficient (Wildman–Crippen LogP) is 1.23. The predicted molar refractivity (Wildman–Crippen MR) is 62.7 cm³/mol. The summed E-state index contributed by atoms with van der Waals surface area (Å²) in [6.07, 6.45) is 3.59. The van der Waals surface area contributed by atoms with Crippen LogP contribution in [0.5, 0.6) is 0 Å². The molecule has 86 valence electrons. The van der Waals surface area contributed by atoms with Crippen molar-refractivity contribution in [2.75, 3.05) is 20.1 Å². The van der Waals surface area contributed by atoms with Crippen LogP contribution in [0, 0.1) is 0 Å². The van der Waals surface area contributed by atoms with Crippen LogP contribution in [0.3, 0.4) is 0 Å². The van der Waals surface area contributed by atoms with Crippen molar-refractivity contribution in [3.63, 3.8) is 0 Å². The van der Waals surface area contributed by atoms with E-state index in [1.807, 2.05) is 6.20 Å². The first-order chi connectivity index (χ1) is 6.97. The summed E-state index contributed by atoms with van der Waals surface area (Å²) in [6, 6.07) is 0. The lowest BCUT2D eigenvalue weighted by Gasteiger charge is -2.23. The third kappa shape index (κ3) is 5.54.